The molecule has 0 aliphatic heterocycles. The topological polar surface area (TPSA) is 37.3 Å². The minimum Gasteiger partial charge on any atom is -0.481 e. The highest BCUT2D eigenvalue weighted by Crippen LogP contribution is 2.06. The SMILES string of the molecule is CCCCCCCCC(=O)O.F. The molecule has 0 radical (unpaired) electrons. The lowest BCUT2D eigenvalue weighted by Gasteiger charge is -1.97. The first kappa shape index (κ1) is 14.0. The molecule has 0 aliphatic rings. The Morgan fingerprint density at radius 2 is 1.58 bits per heavy atom. The van der Waals surface area contributed by atoms with E-state index in [2.05, 4.69) is 6.92 Å². The Bertz CT molecular complexity index is 105. The summed E-state index contributed by atoms with van der Waals surface area (Å²) in [4.78, 5) is 10.1. The third-order valence-electron chi connectivity index (χ3n) is 1.74. The van der Waals surface area contributed by atoms with Crippen LogP contribution in [0, 0.1) is 0 Å². The largest absolute Gasteiger partial charge is 0.481 e. The summed E-state index contributed by atoms with van der Waals surface area (Å²) in [7, 11) is 0. The third kappa shape index (κ3) is 12.1. The molecule has 0 aliphatic carbocycles. The van der Waals surface area contributed by atoms with Gasteiger partial charge in [0.15, 0.2) is 0 Å². The molecule has 1 N–H and O–H groups in total. The van der Waals surface area contributed by atoms with E-state index >= 15 is 0 Å². The van der Waals surface area contributed by atoms with Crippen LogP contribution in [0.1, 0.15) is 51.9 Å². The van der Waals surface area contributed by atoms with Gasteiger partial charge in [-0.3, -0.25) is 9.50 Å². The van der Waals surface area contributed by atoms with Crippen molar-refractivity contribution < 1.29 is 14.6 Å². The van der Waals surface area contributed by atoms with Crippen molar-refractivity contribution >= 4 is 5.97 Å². The molecule has 0 amide bonds. The summed E-state index contributed by atoms with van der Waals surface area (Å²) in [5, 5.41) is 8.32. The molecule has 0 spiro atoms. The lowest BCUT2D eigenvalue weighted by Crippen LogP contribution is -1.93. The molecule has 0 fully saturated rings. The van der Waals surface area contributed by atoms with Crippen LogP contribution in [0.2, 0.25) is 0 Å². The second-order valence-corrected chi connectivity index (χ2v) is 2.91. The van der Waals surface area contributed by atoms with Crippen molar-refractivity contribution in [3.8, 4) is 0 Å². The molecule has 0 heterocycles. The van der Waals surface area contributed by atoms with Gasteiger partial charge < -0.3 is 5.11 Å². The van der Waals surface area contributed by atoms with Crippen molar-refractivity contribution in [1.29, 1.82) is 0 Å². The Balaban J connectivity index is 0. The van der Waals surface area contributed by atoms with Crippen LogP contribution in [0.25, 0.3) is 0 Å². The van der Waals surface area contributed by atoms with Gasteiger partial charge >= 0.3 is 5.97 Å². The van der Waals surface area contributed by atoms with Crippen molar-refractivity contribution in [3.63, 3.8) is 0 Å². The van der Waals surface area contributed by atoms with Crippen molar-refractivity contribution in [2.24, 2.45) is 0 Å². The van der Waals surface area contributed by atoms with Gasteiger partial charge in [-0.05, 0) is 6.42 Å². The van der Waals surface area contributed by atoms with E-state index in [0.29, 0.717) is 6.42 Å². The molecule has 0 bridgehead atoms. The van der Waals surface area contributed by atoms with Crippen LogP contribution in [0.4, 0.5) is 4.70 Å². The molecule has 3 heteroatoms. The van der Waals surface area contributed by atoms with E-state index in [9.17, 15) is 4.79 Å². The van der Waals surface area contributed by atoms with E-state index in [4.69, 9.17) is 5.11 Å². The number of rotatable bonds is 7. The van der Waals surface area contributed by atoms with E-state index in [1.807, 2.05) is 0 Å². The first-order valence-electron chi connectivity index (χ1n) is 4.49. The van der Waals surface area contributed by atoms with E-state index in [-0.39, 0.29) is 4.70 Å². The molecule has 0 rings (SSSR count). The van der Waals surface area contributed by atoms with Crippen LogP contribution in [0.15, 0.2) is 0 Å². The first-order valence-corrected chi connectivity index (χ1v) is 4.49. The molecule has 2 nitrogen and oxygen atoms in total. The van der Waals surface area contributed by atoms with E-state index in [1.54, 1.807) is 0 Å². The number of halogens is 1. The fourth-order valence-electron chi connectivity index (χ4n) is 1.06. The molecule has 12 heavy (non-hydrogen) atoms. The predicted octanol–water partition coefficient (Wildman–Crippen LogP) is 2.97. The first-order chi connectivity index (χ1) is 5.27. The lowest BCUT2D eigenvalue weighted by molar-refractivity contribution is -0.137. The molecule has 0 unspecified atom stereocenters. The Labute approximate surface area is 73.3 Å². The normalized spacial score (nSPS) is 9.08. The van der Waals surface area contributed by atoms with Crippen LogP contribution in [-0.4, -0.2) is 11.1 Å². The van der Waals surface area contributed by atoms with Gasteiger partial charge in [0.05, 0.1) is 0 Å². The third-order valence-corrected chi connectivity index (χ3v) is 1.74. The number of aliphatic carboxylic acids is 1. The van der Waals surface area contributed by atoms with Crippen molar-refractivity contribution in [3.05, 3.63) is 0 Å². The van der Waals surface area contributed by atoms with Gasteiger partial charge in [0.2, 0.25) is 0 Å². The molecular formula is C9H19FO2. The fourth-order valence-corrected chi connectivity index (χ4v) is 1.06. The van der Waals surface area contributed by atoms with Gasteiger partial charge in [0.1, 0.15) is 0 Å². The second-order valence-electron chi connectivity index (χ2n) is 2.91. The van der Waals surface area contributed by atoms with Gasteiger partial charge in [-0.15, -0.1) is 0 Å². The molecule has 0 saturated carbocycles. The smallest absolute Gasteiger partial charge is 0.303 e. The molecular weight excluding hydrogens is 159 g/mol. The highest BCUT2D eigenvalue weighted by Gasteiger charge is 1.95. The average molecular weight is 178 g/mol. The minimum absolute atomic E-state index is 0. The average Bonchev–Trinajstić information content (AvgIpc) is 1.96. The van der Waals surface area contributed by atoms with Gasteiger partial charge in [0, 0.05) is 6.42 Å². The number of hydrogen-bond donors (Lipinski definition) is 1. The Morgan fingerprint density at radius 1 is 1.08 bits per heavy atom. The van der Waals surface area contributed by atoms with Gasteiger partial charge in [-0.2, -0.15) is 0 Å². The fraction of sp³-hybridized carbons (Fsp3) is 0.889. The Morgan fingerprint density at radius 3 is 2.08 bits per heavy atom. The molecule has 0 saturated heterocycles. The lowest BCUT2D eigenvalue weighted by atomic mass is 10.1. The van der Waals surface area contributed by atoms with Crippen molar-refractivity contribution in [2.45, 2.75) is 51.9 Å². The summed E-state index contributed by atoms with van der Waals surface area (Å²) in [6, 6.07) is 0. The maximum Gasteiger partial charge on any atom is 0.303 e. The van der Waals surface area contributed by atoms with Crippen LogP contribution < -0.4 is 0 Å². The molecule has 74 valence electrons. The summed E-state index contributed by atoms with van der Waals surface area (Å²) >= 11 is 0. The number of carboxylic acid groups (broad SMARTS) is 1. The van der Waals surface area contributed by atoms with Crippen LogP contribution in [-0.2, 0) is 4.79 Å². The number of hydrogen-bond acceptors (Lipinski definition) is 1. The van der Waals surface area contributed by atoms with E-state index in [1.165, 1.54) is 25.7 Å². The van der Waals surface area contributed by atoms with Crippen molar-refractivity contribution in [2.75, 3.05) is 0 Å². The van der Waals surface area contributed by atoms with Crippen LogP contribution in [0.3, 0.4) is 0 Å². The van der Waals surface area contributed by atoms with E-state index in [0.717, 1.165) is 12.8 Å². The monoisotopic (exact) mass is 178 g/mol. The highest BCUT2D eigenvalue weighted by atomic mass is 19.0. The zero-order chi connectivity index (χ0) is 8.53. The van der Waals surface area contributed by atoms with Crippen molar-refractivity contribution in [1.82, 2.24) is 0 Å². The zero-order valence-corrected chi connectivity index (χ0v) is 7.71. The van der Waals surface area contributed by atoms with Gasteiger partial charge in [-0.25, -0.2) is 0 Å². The number of carboxylic acids is 1. The molecule has 0 atom stereocenters. The van der Waals surface area contributed by atoms with Crippen LogP contribution >= 0.6 is 0 Å². The summed E-state index contributed by atoms with van der Waals surface area (Å²) in [6.07, 6.45) is 7.25. The molecule has 0 aromatic carbocycles. The molecule has 0 aromatic rings. The number of carbonyl (C=O) groups is 1. The maximum absolute atomic E-state index is 10.1. The quantitative estimate of drug-likeness (QED) is 0.608. The minimum atomic E-state index is -0.666. The number of unbranched alkanes of at least 4 members (excludes halogenated alkanes) is 5. The zero-order valence-electron chi connectivity index (χ0n) is 7.71. The second kappa shape index (κ2) is 10.4. The Hall–Kier alpha value is -0.600. The summed E-state index contributed by atoms with van der Waals surface area (Å²) in [5.74, 6) is -0.666. The van der Waals surface area contributed by atoms with E-state index < -0.39 is 5.97 Å². The van der Waals surface area contributed by atoms with Crippen LogP contribution in [0.5, 0.6) is 0 Å². The highest BCUT2D eigenvalue weighted by molar-refractivity contribution is 5.66. The summed E-state index contributed by atoms with van der Waals surface area (Å²) < 4.78 is 0. The molecule has 0 aromatic heterocycles. The van der Waals surface area contributed by atoms with Gasteiger partial charge in [0.25, 0.3) is 0 Å². The summed E-state index contributed by atoms with van der Waals surface area (Å²) in [5.41, 5.74) is 0. The maximum atomic E-state index is 10.1. The standard InChI is InChI=1S/C9H18O2.FH/c1-2-3-4-5-6-7-8-9(10)11;/h2-8H2,1H3,(H,10,11);1H. The Kier molecular flexibility index (Phi) is 12.1. The van der Waals surface area contributed by atoms with Gasteiger partial charge in [-0.1, -0.05) is 39.0 Å². The predicted molar refractivity (Wildman–Crippen MR) is 48.1 cm³/mol. The summed E-state index contributed by atoms with van der Waals surface area (Å²) in [6.45, 7) is 2.18.